The average molecular weight is 217 g/mol. The first-order chi connectivity index (χ1) is 7.33. The lowest BCUT2D eigenvalue weighted by molar-refractivity contribution is 0.0259. The minimum Gasteiger partial charge on any atom is -0.382 e. The number of hydrogen-bond donors (Lipinski definition) is 1. The van der Waals surface area contributed by atoms with Crippen LogP contribution < -0.4 is 5.73 Å². The molecule has 0 aliphatic heterocycles. The van der Waals surface area contributed by atoms with Crippen LogP contribution in [0.3, 0.4) is 0 Å². The number of ether oxygens (including phenoxy) is 3. The summed E-state index contributed by atoms with van der Waals surface area (Å²) in [5.74, 6) is 0. The third kappa shape index (κ3) is 6.10. The molecule has 0 aromatic rings. The van der Waals surface area contributed by atoms with E-state index in [1.807, 2.05) is 0 Å². The van der Waals surface area contributed by atoms with Gasteiger partial charge in [0.15, 0.2) is 0 Å². The van der Waals surface area contributed by atoms with Gasteiger partial charge in [0.1, 0.15) is 0 Å². The predicted molar refractivity (Wildman–Crippen MR) is 58.9 cm³/mol. The number of rotatable bonds is 8. The van der Waals surface area contributed by atoms with E-state index in [1.165, 1.54) is 0 Å². The van der Waals surface area contributed by atoms with E-state index in [-0.39, 0.29) is 0 Å². The maximum atomic E-state index is 5.79. The van der Waals surface area contributed by atoms with Gasteiger partial charge in [0, 0.05) is 26.4 Å². The first kappa shape index (κ1) is 12.9. The molecule has 1 aliphatic carbocycles. The van der Waals surface area contributed by atoms with Gasteiger partial charge in [-0.05, 0) is 25.7 Å². The molecule has 1 saturated carbocycles. The van der Waals surface area contributed by atoms with E-state index in [0.717, 1.165) is 38.9 Å². The molecular weight excluding hydrogens is 194 g/mol. The number of hydrogen-bond acceptors (Lipinski definition) is 4. The normalized spacial score (nSPS) is 26.0. The lowest BCUT2D eigenvalue weighted by atomic mass is 10.3. The highest BCUT2D eigenvalue weighted by Gasteiger charge is 2.21. The van der Waals surface area contributed by atoms with E-state index in [0.29, 0.717) is 25.4 Å². The van der Waals surface area contributed by atoms with Crippen molar-refractivity contribution in [1.82, 2.24) is 0 Å². The highest BCUT2D eigenvalue weighted by atomic mass is 16.5. The summed E-state index contributed by atoms with van der Waals surface area (Å²) in [6.07, 6.45) is 4.58. The Bertz CT molecular complexity index is 155. The monoisotopic (exact) mass is 217 g/mol. The van der Waals surface area contributed by atoms with Crippen LogP contribution in [0.2, 0.25) is 0 Å². The van der Waals surface area contributed by atoms with Crippen molar-refractivity contribution in [2.75, 3.05) is 33.5 Å². The van der Waals surface area contributed by atoms with Crippen molar-refractivity contribution in [2.24, 2.45) is 5.73 Å². The molecule has 4 nitrogen and oxygen atoms in total. The number of nitrogens with two attached hydrogens (primary N) is 1. The third-order valence-electron chi connectivity index (χ3n) is 2.64. The first-order valence-electron chi connectivity index (χ1n) is 5.76. The van der Waals surface area contributed by atoms with Crippen molar-refractivity contribution >= 4 is 0 Å². The first-order valence-corrected chi connectivity index (χ1v) is 5.76. The molecule has 0 spiro atoms. The maximum Gasteiger partial charge on any atom is 0.0700 e. The molecule has 0 aromatic heterocycles. The molecule has 2 atom stereocenters. The molecular formula is C11H23NO3. The van der Waals surface area contributed by atoms with Gasteiger partial charge in [0.2, 0.25) is 0 Å². The van der Waals surface area contributed by atoms with Gasteiger partial charge in [-0.2, -0.15) is 0 Å². The molecule has 0 saturated heterocycles. The molecule has 1 fully saturated rings. The summed E-state index contributed by atoms with van der Waals surface area (Å²) < 4.78 is 15.9. The van der Waals surface area contributed by atoms with Gasteiger partial charge in [-0.3, -0.25) is 0 Å². The van der Waals surface area contributed by atoms with E-state index in [2.05, 4.69) is 0 Å². The van der Waals surface area contributed by atoms with Crippen LogP contribution in [0.5, 0.6) is 0 Å². The summed E-state index contributed by atoms with van der Waals surface area (Å²) in [7, 11) is 1.68. The lowest BCUT2D eigenvalue weighted by Gasteiger charge is -2.11. The van der Waals surface area contributed by atoms with Crippen LogP contribution in [-0.2, 0) is 14.2 Å². The molecule has 0 heterocycles. The highest BCUT2D eigenvalue weighted by molar-refractivity contribution is 4.77. The maximum absolute atomic E-state index is 5.79. The molecule has 1 rings (SSSR count). The molecule has 0 amide bonds. The summed E-state index contributed by atoms with van der Waals surface area (Å²) >= 11 is 0. The van der Waals surface area contributed by atoms with Crippen LogP contribution in [-0.4, -0.2) is 45.7 Å². The largest absolute Gasteiger partial charge is 0.382 e. The Hall–Kier alpha value is -0.160. The predicted octanol–water partition coefficient (Wildman–Crippen LogP) is 0.936. The fraction of sp³-hybridized carbons (Fsp3) is 1.00. The summed E-state index contributed by atoms with van der Waals surface area (Å²) in [6, 6.07) is 0.355. The van der Waals surface area contributed by atoms with Gasteiger partial charge in [-0.15, -0.1) is 0 Å². The van der Waals surface area contributed by atoms with Gasteiger partial charge in [-0.1, -0.05) is 0 Å². The second kappa shape index (κ2) is 8.05. The van der Waals surface area contributed by atoms with Crippen LogP contribution in [0.4, 0.5) is 0 Å². The molecule has 1 aliphatic rings. The van der Waals surface area contributed by atoms with Crippen LogP contribution in [0.25, 0.3) is 0 Å². The van der Waals surface area contributed by atoms with Crippen molar-refractivity contribution in [1.29, 1.82) is 0 Å². The molecule has 0 radical (unpaired) electrons. The number of methoxy groups -OCH3 is 1. The Labute approximate surface area is 92.1 Å². The third-order valence-corrected chi connectivity index (χ3v) is 2.64. The molecule has 0 aromatic carbocycles. The van der Waals surface area contributed by atoms with Crippen molar-refractivity contribution in [3.8, 4) is 0 Å². The van der Waals surface area contributed by atoms with Gasteiger partial charge >= 0.3 is 0 Å². The summed E-state index contributed by atoms with van der Waals surface area (Å²) in [5.41, 5.74) is 5.79. The minimum atomic E-state index is 0.355. The Morgan fingerprint density at radius 2 is 2.00 bits per heavy atom. The van der Waals surface area contributed by atoms with Crippen molar-refractivity contribution in [3.05, 3.63) is 0 Å². The Kier molecular flexibility index (Phi) is 6.92. The summed E-state index contributed by atoms with van der Waals surface area (Å²) in [5, 5.41) is 0. The van der Waals surface area contributed by atoms with Crippen molar-refractivity contribution < 1.29 is 14.2 Å². The zero-order valence-electron chi connectivity index (χ0n) is 9.61. The van der Waals surface area contributed by atoms with Gasteiger partial charge in [0.05, 0.1) is 19.3 Å². The second-order valence-corrected chi connectivity index (χ2v) is 4.02. The molecule has 2 N–H and O–H groups in total. The Morgan fingerprint density at radius 1 is 1.13 bits per heavy atom. The highest BCUT2D eigenvalue weighted by Crippen LogP contribution is 2.20. The van der Waals surface area contributed by atoms with Crippen LogP contribution in [0.15, 0.2) is 0 Å². The fourth-order valence-corrected chi connectivity index (χ4v) is 1.78. The van der Waals surface area contributed by atoms with Crippen LogP contribution in [0, 0.1) is 0 Å². The average Bonchev–Trinajstić information content (AvgIpc) is 2.63. The molecule has 90 valence electrons. The summed E-state index contributed by atoms with van der Waals surface area (Å²) in [6.45, 7) is 2.87. The van der Waals surface area contributed by atoms with Gasteiger partial charge in [-0.25, -0.2) is 0 Å². The van der Waals surface area contributed by atoms with Crippen LogP contribution in [0.1, 0.15) is 25.7 Å². The molecule has 0 bridgehead atoms. The van der Waals surface area contributed by atoms with Crippen LogP contribution >= 0.6 is 0 Å². The molecule has 15 heavy (non-hydrogen) atoms. The van der Waals surface area contributed by atoms with E-state index in [4.69, 9.17) is 19.9 Å². The fourth-order valence-electron chi connectivity index (χ4n) is 1.78. The smallest absolute Gasteiger partial charge is 0.0700 e. The quantitative estimate of drug-likeness (QED) is 0.615. The van der Waals surface area contributed by atoms with E-state index >= 15 is 0 Å². The van der Waals surface area contributed by atoms with Gasteiger partial charge < -0.3 is 19.9 Å². The van der Waals surface area contributed by atoms with E-state index < -0.39 is 0 Å². The van der Waals surface area contributed by atoms with Crippen molar-refractivity contribution in [2.45, 2.75) is 37.8 Å². The Morgan fingerprint density at radius 3 is 2.67 bits per heavy atom. The Balaban J connectivity index is 1.81. The second-order valence-electron chi connectivity index (χ2n) is 4.02. The zero-order valence-corrected chi connectivity index (χ0v) is 9.61. The lowest BCUT2D eigenvalue weighted by Crippen LogP contribution is -2.18. The zero-order chi connectivity index (χ0) is 10.9. The topological polar surface area (TPSA) is 53.7 Å². The van der Waals surface area contributed by atoms with E-state index in [9.17, 15) is 0 Å². The SMILES string of the molecule is COCCOCCCOC1CCC(N)C1. The van der Waals surface area contributed by atoms with Crippen molar-refractivity contribution in [3.63, 3.8) is 0 Å². The molecule has 4 heteroatoms. The minimum absolute atomic E-state index is 0.355. The van der Waals surface area contributed by atoms with Gasteiger partial charge in [0.25, 0.3) is 0 Å². The molecule has 2 unspecified atom stereocenters. The standard InChI is InChI=1S/C11H23NO3/c1-13-7-8-14-5-2-6-15-11-4-3-10(12)9-11/h10-11H,2-9,12H2,1H3. The van der Waals surface area contributed by atoms with E-state index in [1.54, 1.807) is 7.11 Å². The summed E-state index contributed by atoms with van der Waals surface area (Å²) in [4.78, 5) is 0.